The van der Waals surface area contributed by atoms with Crippen LogP contribution < -0.4 is 5.32 Å². The van der Waals surface area contributed by atoms with Crippen molar-refractivity contribution < 1.29 is 4.92 Å². The Labute approximate surface area is 111 Å². The van der Waals surface area contributed by atoms with Crippen LogP contribution in [0, 0.1) is 15.0 Å². The van der Waals surface area contributed by atoms with Crippen LogP contribution in [-0.4, -0.2) is 17.0 Å². The second-order valence-corrected chi connectivity index (χ2v) is 5.03. The lowest BCUT2D eigenvalue weighted by Crippen LogP contribution is -2.46. The Hall–Kier alpha value is -1.98. The number of nitroso groups, excluding NO2 is 1. The maximum absolute atomic E-state index is 11.3. The van der Waals surface area contributed by atoms with Crippen LogP contribution in [0.3, 0.4) is 0 Å². The predicted octanol–water partition coefficient (Wildman–Crippen LogP) is 3.48. The van der Waals surface area contributed by atoms with Gasteiger partial charge in [0.15, 0.2) is 0 Å². The summed E-state index contributed by atoms with van der Waals surface area (Å²) in [5, 5.41) is 17.2. The first kappa shape index (κ1) is 13.5. The second kappa shape index (κ2) is 5.77. The summed E-state index contributed by atoms with van der Waals surface area (Å²) in [7, 11) is 0. The van der Waals surface area contributed by atoms with Gasteiger partial charge >= 0.3 is 0 Å². The molecule has 0 bridgehead atoms. The zero-order valence-electron chi connectivity index (χ0n) is 10.7. The Balaban J connectivity index is 2.01. The van der Waals surface area contributed by atoms with Crippen molar-refractivity contribution in [1.29, 1.82) is 0 Å². The van der Waals surface area contributed by atoms with Gasteiger partial charge in [-0.25, -0.2) is 0 Å². The maximum atomic E-state index is 11.3. The van der Waals surface area contributed by atoms with E-state index in [2.05, 4.69) is 10.5 Å². The van der Waals surface area contributed by atoms with Gasteiger partial charge in [0.1, 0.15) is 5.69 Å². The third kappa shape index (κ3) is 3.07. The lowest BCUT2D eigenvalue weighted by Gasteiger charge is -2.29. The van der Waals surface area contributed by atoms with Crippen LogP contribution in [0.2, 0.25) is 0 Å². The average Bonchev–Trinajstić information content (AvgIpc) is 2.46. The molecule has 0 unspecified atom stereocenters. The molecule has 1 aromatic carbocycles. The molecule has 2 rings (SSSR count). The van der Waals surface area contributed by atoms with Gasteiger partial charge in [0, 0.05) is 23.5 Å². The molecule has 0 radical (unpaired) electrons. The van der Waals surface area contributed by atoms with Crippen LogP contribution in [0.5, 0.6) is 0 Å². The lowest BCUT2D eigenvalue weighted by molar-refractivity contribution is -0.570. The minimum absolute atomic E-state index is 0.138. The van der Waals surface area contributed by atoms with E-state index in [1.165, 1.54) is 0 Å². The minimum Gasteiger partial charge on any atom is -0.378 e. The van der Waals surface area contributed by atoms with E-state index in [0.29, 0.717) is 25.1 Å². The molecule has 0 amide bonds. The number of anilines is 1. The number of rotatable bonds is 5. The smallest absolute Gasteiger partial charge is 0.239 e. The second-order valence-electron chi connectivity index (χ2n) is 5.03. The summed E-state index contributed by atoms with van der Waals surface area (Å²) in [5.41, 5.74) is 0.284. The SMILES string of the molecule is O=Nc1ccc(NCC2([N+](=O)[O-])CCCCC2)cc1. The summed E-state index contributed by atoms with van der Waals surface area (Å²) < 4.78 is 0. The molecule has 1 fully saturated rings. The number of nitrogens with one attached hydrogen (secondary N) is 1. The predicted molar refractivity (Wildman–Crippen MR) is 73.2 cm³/mol. The van der Waals surface area contributed by atoms with Crippen LogP contribution in [0.4, 0.5) is 11.4 Å². The van der Waals surface area contributed by atoms with E-state index in [-0.39, 0.29) is 4.92 Å². The summed E-state index contributed by atoms with van der Waals surface area (Å²) in [6, 6.07) is 6.62. The van der Waals surface area contributed by atoms with Crippen molar-refractivity contribution in [2.45, 2.75) is 37.6 Å². The Morgan fingerprint density at radius 1 is 1.21 bits per heavy atom. The molecule has 1 aromatic rings. The summed E-state index contributed by atoms with van der Waals surface area (Å²) in [5.74, 6) is 0. The molecule has 6 heteroatoms. The first-order chi connectivity index (χ1) is 9.16. The van der Waals surface area contributed by atoms with Gasteiger partial charge in [0.2, 0.25) is 5.54 Å². The first-order valence-electron chi connectivity index (χ1n) is 6.48. The van der Waals surface area contributed by atoms with Gasteiger partial charge in [-0.3, -0.25) is 10.1 Å². The Bertz CT molecular complexity index is 453. The Kier molecular flexibility index (Phi) is 4.09. The molecular weight excluding hydrogens is 246 g/mol. The molecule has 102 valence electrons. The molecule has 0 aliphatic heterocycles. The third-order valence-electron chi connectivity index (χ3n) is 3.77. The summed E-state index contributed by atoms with van der Waals surface area (Å²) >= 11 is 0. The fourth-order valence-corrected chi connectivity index (χ4v) is 2.54. The highest BCUT2D eigenvalue weighted by molar-refractivity contribution is 5.50. The van der Waals surface area contributed by atoms with Gasteiger partial charge in [0.25, 0.3) is 0 Å². The van der Waals surface area contributed by atoms with Crippen molar-refractivity contribution in [1.82, 2.24) is 0 Å². The van der Waals surface area contributed by atoms with Gasteiger partial charge in [-0.05, 0) is 42.3 Å². The van der Waals surface area contributed by atoms with Gasteiger partial charge in [-0.15, -0.1) is 4.91 Å². The van der Waals surface area contributed by atoms with Crippen LogP contribution in [0.15, 0.2) is 29.4 Å². The molecule has 1 aliphatic rings. The minimum atomic E-state index is -0.847. The van der Waals surface area contributed by atoms with E-state index in [0.717, 1.165) is 24.9 Å². The molecule has 1 aliphatic carbocycles. The standard InChI is InChI=1S/C13H17N3O3/c17-15-12-6-4-11(5-7-12)14-10-13(16(18)19)8-2-1-3-9-13/h4-7,14H,1-3,8-10H2. The highest BCUT2D eigenvalue weighted by atomic mass is 16.6. The highest BCUT2D eigenvalue weighted by Crippen LogP contribution is 2.31. The zero-order chi connectivity index (χ0) is 13.7. The number of hydrogen-bond donors (Lipinski definition) is 1. The summed E-state index contributed by atoms with van der Waals surface area (Å²) in [6.07, 6.45) is 4.16. The molecule has 1 saturated carbocycles. The third-order valence-corrected chi connectivity index (χ3v) is 3.77. The molecule has 19 heavy (non-hydrogen) atoms. The van der Waals surface area contributed by atoms with Crippen molar-refractivity contribution in [2.24, 2.45) is 5.18 Å². The van der Waals surface area contributed by atoms with Crippen LogP contribution >= 0.6 is 0 Å². The fourth-order valence-electron chi connectivity index (χ4n) is 2.54. The zero-order valence-corrected chi connectivity index (χ0v) is 10.7. The van der Waals surface area contributed by atoms with Crippen LogP contribution in [0.25, 0.3) is 0 Å². The van der Waals surface area contributed by atoms with E-state index in [1.54, 1.807) is 24.3 Å². The van der Waals surface area contributed by atoms with Crippen molar-refractivity contribution in [3.8, 4) is 0 Å². The lowest BCUT2D eigenvalue weighted by atomic mass is 9.82. The number of benzene rings is 1. The van der Waals surface area contributed by atoms with Crippen molar-refractivity contribution >= 4 is 11.4 Å². The van der Waals surface area contributed by atoms with Crippen molar-refractivity contribution in [3.05, 3.63) is 39.3 Å². The van der Waals surface area contributed by atoms with E-state index >= 15 is 0 Å². The number of nitrogens with zero attached hydrogens (tertiary/aromatic N) is 2. The topological polar surface area (TPSA) is 84.6 Å². The molecule has 6 nitrogen and oxygen atoms in total. The fraction of sp³-hybridized carbons (Fsp3) is 0.538. The van der Waals surface area contributed by atoms with Crippen molar-refractivity contribution in [3.63, 3.8) is 0 Å². The largest absolute Gasteiger partial charge is 0.378 e. The summed E-state index contributed by atoms with van der Waals surface area (Å²) in [4.78, 5) is 21.5. The van der Waals surface area contributed by atoms with E-state index in [1.807, 2.05) is 0 Å². The first-order valence-corrected chi connectivity index (χ1v) is 6.48. The van der Waals surface area contributed by atoms with Gasteiger partial charge in [-0.2, -0.15) is 0 Å². The van der Waals surface area contributed by atoms with E-state index in [9.17, 15) is 15.0 Å². The quantitative estimate of drug-likeness (QED) is 0.500. The highest BCUT2D eigenvalue weighted by Gasteiger charge is 2.43. The van der Waals surface area contributed by atoms with Gasteiger partial charge < -0.3 is 5.32 Å². The Morgan fingerprint density at radius 2 is 1.84 bits per heavy atom. The van der Waals surface area contributed by atoms with Crippen LogP contribution in [0.1, 0.15) is 32.1 Å². The van der Waals surface area contributed by atoms with Crippen molar-refractivity contribution in [2.75, 3.05) is 11.9 Å². The van der Waals surface area contributed by atoms with E-state index in [4.69, 9.17) is 0 Å². The number of hydrogen-bond acceptors (Lipinski definition) is 5. The molecule has 0 spiro atoms. The monoisotopic (exact) mass is 263 g/mol. The molecule has 0 atom stereocenters. The molecule has 0 heterocycles. The number of nitro groups is 1. The molecule has 1 N–H and O–H groups in total. The van der Waals surface area contributed by atoms with Gasteiger partial charge in [-0.1, -0.05) is 6.42 Å². The van der Waals surface area contributed by atoms with Gasteiger partial charge in [0.05, 0.1) is 6.54 Å². The molecular formula is C13H17N3O3. The van der Waals surface area contributed by atoms with Crippen LogP contribution in [-0.2, 0) is 0 Å². The average molecular weight is 263 g/mol. The Morgan fingerprint density at radius 3 is 2.37 bits per heavy atom. The summed E-state index contributed by atoms with van der Waals surface area (Å²) in [6.45, 7) is 0.327. The molecule has 0 saturated heterocycles. The molecule has 0 aromatic heterocycles. The normalized spacial score (nSPS) is 17.7. The maximum Gasteiger partial charge on any atom is 0.239 e. The van der Waals surface area contributed by atoms with E-state index < -0.39 is 5.54 Å².